The predicted molar refractivity (Wildman–Crippen MR) is 124 cm³/mol. The van der Waals surface area contributed by atoms with E-state index < -0.39 is 5.97 Å². The fourth-order valence-corrected chi connectivity index (χ4v) is 4.39. The third kappa shape index (κ3) is 4.34. The van der Waals surface area contributed by atoms with Crippen molar-refractivity contribution in [2.24, 2.45) is 0 Å². The van der Waals surface area contributed by atoms with Crippen molar-refractivity contribution < 1.29 is 14.3 Å². The van der Waals surface area contributed by atoms with E-state index in [-0.39, 0.29) is 12.5 Å². The third-order valence-electron chi connectivity index (χ3n) is 5.02. The minimum absolute atomic E-state index is 0.0414. The number of benzene rings is 3. The summed E-state index contributed by atoms with van der Waals surface area (Å²) >= 11 is 1.35. The van der Waals surface area contributed by atoms with Crippen LogP contribution < -0.4 is 4.90 Å². The quantitative estimate of drug-likeness (QED) is 0.357. The van der Waals surface area contributed by atoms with Gasteiger partial charge in [0.05, 0.1) is 16.9 Å². The summed E-state index contributed by atoms with van der Waals surface area (Å²) in [5.41, 5.74) is 3.02. The molecule has 0 aliphatic rings. The Kier molecular flexibility index (Phi) is 6.09. The number of esters is 1. The number of hydrogen-bond acceptors (Lipinski definition) is 5. The molecule has 31 heavy (non-hydrogen) atoms. The van der Waals surface area contributed by atoms with Crippen LogP contribution in [-0.2, 0) is 22.6 Å². The molecule has 0 aliphatic heterocycles. The number of para-hydroxylation sites is 1. The number of ether oxygens (including phenoxy) is 1. The zero-order valence-electron chi connectivity index (χ0n) is 17.4. The zero-order valence-corrected chi connectivity index (χ0v) is 18.2. The Balaban J connectivity index is 1.53. The number of carbonyl (C=O) groups excluding carboxylic acids is 2. The lowest BCUT2D eigenvalue weighted by Gasteiger charge is -2.20. The first kappa shape index (κ1) is 20.8. The van der Waals surface area contributed by atoms with Gasteiger partial charge in [0.1, 0.15) is 6.61 Å². The summed E-state index contributed by atoms with van der Waals surface area (Å²) in [6, 6.07) is 21.1. The third-order valence-corrected chi connectivity index (χ3v) is 5.89. The molecule has 0 unspecified atom stereocenters. The molecule has 1 heterocycles. The van der Waals surface area contributed by atoms with Gasteiger partial charge in [0, 0.05) is 12.3 Å². The Labute approximate surface area is 184 Å². The number of thiazole rings is 1. The van der Waals surface area contributed by atoms with E-state index in [4.69, 9.17) is 4.74 Å². The van der Waals surface area contributed by atoms with Crippen LogP contribution in [0.2, 0.25) is 0 Å². The fourth-order valence-electron chi connectivity index (χ4n) is 3.52. The van der Waals surface area contributed by atoms with Crippen molar-refractivity contribution in [2.75, 3.05) is 4.90 Å². The van der Waals surface area contributed by atoms with Crippen molar-refractivity contribution in [3.63, 3.8) is 0 Å². The molecule has 6 heteroatoms. The number of rotatable bonds is 6. The highest BCUT2D eigenvalue weighted by atomic mass is 32.1. The number of hydrogen-bond donors (Lipinski definition) is 0. The molecular formula is C25H22N2O3S. The first-order valence-corrected chi connectivity index (χ1v) is 10.9. The molecule has 1 aromatic heterocycles. The van der Waals surface area contributed by atoms with Crippen LogP contribution in [-0.4, -0.2) is 16.9 Å². The molecule has 156 valence electrons. The molecule has 4 aromatic rings. The second-order valence-corrected chi connectivity index (χ2v) is 7.90. The molecule has 0 atom stereocenters. The molecule has 4 rings (SSSR count). The van der Waals surface area contributed by atoms with Gasteiger partial charge in [0.15, 0.2) is 5.13 Å². The maximum atomic E-state index is 12.7. The first-order valence-electron chi connectivity index (χ1n) is 10.1. The largest absolute Gasteiger partial charge is 0.456 e. The highest BCUT2D eigenvalue weighted by molar-refractivity contribution is 7.14. The highest BCUT2D eigenvalue weighted by Crippen LogP contribution is 2.32. The summed E-state index contributed by atoms with van der Waals surface area (Å²) in [6.45, 7) is 3.62. The average Bonchev–Trinajstić information content (AvgIpc) is 3.25. The van der Waals surface area contributed by atoms with Crippen LogP contribution in [0.5, 0.6) is 0 Å². The van der Waals surface area contributed by atoms with Crippen molar-refractivity contribution in [1.29, 1.82) is 0 Å². The zero-order chi connectivity index (χ0) is 21.8. The molecule has 1 amide bonds. The minimum atomic E-state index is -0.397. The standard InChI is InChI=1S/C25H22N2O3S/c1-3-18-9-5-7-14-23(18)27(17(2)28)25-26-20(16-31-25)15-30-24(29)22-13-8-11-19-10-4-6-12-21(19)22/h4-14,16H,3,15H2,1-2H3. The lowest BCUT2D eigenvalue weighted by molar-refractivity contribution is -0.115. The monoisotopic (exact) mass is 430 g/mol. The van der Waals surface area contributed by atoms with Crippen LogP contribution in [0.4, 0.5) is 10.8 Å². The highest BCUT2D eigenvalue weighted by Gasteiger charge is 2.20. The number of aromatic nitrogens is 1. The van der Waals surface area contributed by atoms with Crippen molar-refractivity contribution >= 4 is 44.8 Å². The van der Waals surface area contributed by atoms with Gasteiger partial charge in [-0.3, -0.25) is 9.69 Å². The topological polar surface area (TPSA) is 59.5 Å². The number of anilines is 2. The molecule has 0 fully saturated rings. The normalized spacial score (nSPS) is 10.8. The molecule has 0 aliphatic carbocycles. The van der Waals surface area contributed by atoms with E-state index in [0.29, 0.717) is 16.4 Å². The van der Waals surface area contributed by atoms with E-state index >= 15 is 0 Å². The van der Waals surface area contributed by atoms with E-state index in [1.54, 1.807) is 11.0 Å². The first-order chi connectivity index (χ1) is 15.1. The number of nitrogens with zero attached hydrogens (tertiary/aromatic N) is 2. The Morgan fingerprint density at radius 2 is 1.74 bits per heavy atom. The van der Waals surface area contributed by atoms with Gasteiger partial charge < -0.3 is 4.74 Å². The summed E-state index contributed by atoms with van der Waals surface area (Å²) in [5.74, 6) is -0.513. The molecule has 5 nitrogen and oxygen atoms in total. The maximum Gasteiger partial charge on any atom is 0.339 e. The van der Waals surface area contributed by atoms with Crippen LogP contribution in [0.25, 0.3) is 10.8 Å². The van der Waals surface area contributed by atoms with Crippen LogP contribution in [0, 0.1) is 0 Å². The van der Waals surface area contributed by atoms with Crippen LogP contribution in [0.1, 0.15) is 35.5 Å². The summed E-state index contributed by atoms with van der Waals surface area (Å²) in [6.07, 6.45) is 0.806. The molecule has 0 N–H and O–H groups in total. The average molecular weight is 431 g/mol. The van der Waals surface area contributed by atoms with E-state index in [1.165, 1.54) is 18.3 Å². The Morgan fingerprint density at radius 1 is 1.00 bits per heavy atom. The SMILES string of the molecule is CCc1ccccc1N(C(C)=O)c1nc(COC(=O)c2cccc3ccccc23)cs1. The van der Waals surface area contributed by atoms with Gasteiger partial charge in [-0.2, -0.15) is 0 Å². The van der Waals surface area contributed by atoms with E-state index in [9.17, 15) is 9.59 Å². The smallest absolute Gasteiger partial charge is 0.339 e. The molecule has 0 radical (unpaired) electrons. The van der Waals surface area contributed by atoms with Crippen molar-refractivity contribution in [3.8, 4) is 0 Å². The van der Waals surface area contributed by atoms with Gasteiger partial charge in [-0.05, 0) is 34.9 Å². The van der Waals surface area contributed by atoms with Gasteiger partial charge in [-0.15, -0.1) is 11.3 Å². The van der Waals surface area contributed by atoms with Crippen LogP contribution in [0.3, 0.4) is 0 Å². The lowest BCUT2D eigenvalue weighted by atomic mass is 10.1. The van der Waals surface area contributed by atoms with Gasteiger partial charge in [-0.1, -0.05) is 61.5 Å². The summed E-state index contributed by atoms with van der Waals surface area (Å²) in [4.78, 5) is 31.2. The molecular weight excluding hydrogens is 408 g/mol. The Hall–Kier alpha value is -3.51. The van der Waals surface area contributed by atoms with E-state index in [1.807, 2.05) is 66.0 Å². The molecule has 0 saturated heterocycles. The van der Waals surface area contributed by atoms with Gasteiger partial charge in [0.2, 0.25) is 5.91 Å². The fraction of sp³-hybridized carbons (Fsp3) is 0.160. The van der Waals surface area contributed by atoms with E-state index in [0.717, 1.165) is 28.4 Å². The maximum absolute atomic E-state index is 12.7. The summed E-state index contributed by atoms with van der Waals surface area (Å²) in [5, 5.41) is 4.22. The Morgan fingerprint density at radius 3 is 2.55 bits per heavy atom. The number of amides is 1. The summed E-state index contributed by atoms with van der Waals surface area (Å²) < 4.78 is 5.53. The predicted octanol–water partition coefficient (Wildman–Crippen LogP) is 5.90. The molecule has 3 aromatic carbocycles. The molecule has 0 bridgehead atoms. The van der Waals surface area contributed by atoms with Gasteiger partial charge in [0.25, 0.3) is 0 Å². The molecule has 0 saturated carbocycles. The number of aryl methyl sites for hydroxylation is 1. The number of carbonyl (C=O) groups is 2. The van der Waals surface area contributed by atoms with Crippen LogP contribution >= 0.6 is 11.3 Å². The van der Waals surface area contributed by atoms with Crippen LogP contribution in [0.15, 0.2) is 72.1 Å². The minimum Gasteiger partial charge on any atom is -0.456 e. The van der Waals surface area contributed by atoms with Crippen molar-refractivity contribution in [3.05, 3.63) is 88.9 Å². The number of fused-ring (bicyclic) bond motifs is 1. The molecule has 0 spiro atoms. The van der Waals surface area contributed by atoms with Crippen molar-refractivity contribution in [2.45, 2.75) is 26.9 Å². The Bertz CT molecular complexity index is 1240. The second-order valence-electron chi connectivity index (χ2n) is 7.06. The van der Waals surface area contributed by atoms with Gasteiger partial charge >= 0.3 is 5.97 Å². The van der Waals surface area contributed by atoms with Crippen molar-refractivity contribution in [1.82, 2.24) is 4.98 Å². The second kappa shape index (κ2) is 9.10. The summed E-state index contributed by atoms with van der Waals surface area (Å²) in [7, 11) is 0. The van der Waals surface area contributed by atoms with E-state index in [2.05, 4.69) is 11.9 Å². The van der Waals surface area contributed by atoms with Gasteiger partial charge in [-0.25, -0.2) is 9.78 Å². The lowest BCUT2D eigenvalue weighted by Crippen LogP contribution is -2.23.